The molecule has 2 atom stereocenters. The predicted octanol–water partition coefficient (Wildman–Crippen LogP) is 4.22. The maximum absolute atomic E-state index is 15.9. The van der Waals surface area contributed by atoms with Crippen molar-refractivity contribution < 1.29 is 36.6 Å². The van der Waals surface area contributed by atoms with E-state index in [1.165, 1.54) is 6.20 Å². The second-order valence-corrected chi connectivity index (χ2v) is 14.4. The molecule has 3 aliphatic heterocycles. The number of aliphatic carboxylic acids is 1. The molecule has 3 aliphatic rings. The molecule has 7 rings (SSSR count). The summed E-state index contributed by atoms with van der Waals surface area (Å²) in [6.45, 7) is 6.03. The van der Waals surface area contributed by atoms with Crippen LogP contribution in [0.4, 0.5) is 24.5 Å². The Morgan fingerprint density at radius 3 is 2.33 bits per heavy atom. The number of H-pyrrole nitrogens is 1. The minimum absolute atomic E-state index is 0.00349. The van der Waals surface area contributed by atoms with Gasteiger partial charge in [-0.25, -0.2) is 27.6 Å². The number of anilines is 2. The molecule has 0 radical (unpaired) electrons. The lowest BCUT2D eigenvalue weighted by Crippen LogP contribution is -2.49. The molecular weight excluding hydrogens is 700 g/mol. The summed E-state index contributed by atoms with van der Waals surface area (Å²) in [5, 5.41) is 10.5. The van der Waals surface area contributed by atoms with E-state index in [1.54, 1.807) is 12.3 Å². The van der Waals surface area contributed by atoms with E-state index in [0.717, 1.165) is 87.0 Å². The quantitative estimate of drug-likeness (QED) is 0.170. The Kier molecular flexibility index (Phi) is 10.6. The van der Waals surface area contributed by atoms with E-state index in [2.05, 4.69) is 19.8 Å². The molecule has 0 amide bonds. The largest absolute Gasteiger partial charge is 0.754 e. The van der Waals surface area contributed by atoms with Gasteiger partial charge in [0.2, 0.25) is 5.78 Å². The molecule has 5 heterocycles. The fourth-order valence-corrected chi connectivity index (χ4v) is 8.14. The molecule has 0 saturated carbocycles. The molecule has 3 fully saturated rings. The molecule has 1 unspecified atom stereocenters. The molecule has 0 spiro atoms. The van der Waals surface area contributed by atoms with Gasteiger partial charge in [0.05, 0.1) is 29.9 Å². The number of benzene rings is 2. The van der Waals surface area contributed by atoms with Crippen LogP contribution in [0.5, 0.6) is 0 Å². The number of ketones is 1. The van der Waals surface area contributed by atoms with Crippen LogP contribution in [0, 0.1) is 17.6 Å². The highest BCUT2D eigenvalue weighted by atomic mass is 32.2. The number of nitrogens with one attached hydrogen (secondary N) is 1. The average Bonchev–Trinajstić information content (AvgIpc) is 3.76. The van der Waals surface area contributed by atoms with E-state index >= 15 is 8.78 Å². The molecule has 3 saturated heterocycles. The summed E-state index contributed by atoms with van der Waals surface area (Å²) in [5.41, 5.74) is 1.39. The number of rotatable bonds is 11. The zero-order valence-corrected chi connectivity index (χ0v) is 29.2. The van der Waals surface area contributed by atoms with E-state index in [-0.39, 0.29) is 31.6 Å². The first-order chi connectivity index (χ1) is 25.0. The summed E-state index contributed by atoms with van der Waals surface area (Å²) in [6, 6.07) is 11.5. The molecule has 52 heavy (non-hydrogen) atoms. The van der Waals surface area contributed by atoms with Gasteiger partial charge in [-0.2, -0.15) is 0 Å². The molecule has 0 bridgehead atoms. The molecule has 2 aromatic carbocycles. The van der Waals surface area contributed by atoms with E-state index in [0.29, 0.717) is 26.9 Å². The van der Waals surface area contributed by atoms with Crippen molar-refractivity contribution in [3.05, 3.63) is 77.6 Å². The van der Waals surface area contributed by atoms with E-state index < -0.39 is 52.1 Å². The number of carbonyl (C=O) groups excluding carboxylic acids is 1. The van der Waals surface area contributed by atoms with Crippen LogP contribution in [-0.4, -0.2) is 122 Å². The summed E-state index contributed by atoms with van der Waals surface area (Å²) in [7, 11) is 0. The van der Waals surface area contributed by atoms with Gasteiger partial charge in [0.15, 0.2) is 5.82 Å². The highest BCUT2D eigenvalue weighted by molar-refractivity contribution is 7.80. The number of hydrazine groups is 1. The van der Waals surface area contributed by atoms with Crippen molar-refractivity contribution in [2.75, 3.05) is 74.8 Å². The fourth-order valence-electron chi connectivity index (χ4n) is 7.50. The standard InChI is InChI=1S/C36H40F3N7O5S/c37-26-9-12-45(21-26)46(52(50)51)31-6-5-30(38)33(34(31)39)35(49)29-19-41-36-28(29)17-25(18-40-36)24-1-3-27(4-2-24)44-10-7-23(8-11-44)20-42-13-15-43(16-14-42)22-32(47)48/h1-6,17-19,23,26H,7-16,20-22H2,(H,40,41)(H,47,48)(H,50,51)/p-1/t26-/m1/s1. The summed E-state index contributed by atoms with van der Waals surface area (Å²) >= 11 is -3.06. The summed E-state index contributed by atoms with van der Waals surface area (Å²) in [4.78, 5) is 38.8. The number of carboxylic acids is 1. The smallest absolute Gasteiger partial charge is 0.317 e. The molecular formula is C36H39F3N7O5S-. The third-order valence-electron chi connectivity index (χ3n) is 10.3. The molecule has 4 aromatic rings. The number of fused-ring (bicyclic) bond motifs is 1. The zero-order chi connectivity index (χ0) is 36.5. The number of piperidine rings is 1. The SMILES string of the molecule is O=C(O)CN1CCN(CC2CCN(c3ccc(-c4cnc5[nH]cc(C(=O)c6c(F)ccc(N(N7CC[C@@H](F)C7)S(=O)[O-])c6F)c5c4)cc3)CC2)CC1. The second kappa shape index (κ2) is 15.3. The van der Waals surface area contributed by atoms with Gasteiger partial charge >= 0.3 is 5.97 Å². The lowest BCUT2D eigenvalue weighted by Gasteiger charge is -2.39. The van der Waals surface area contributed by atoms with Crippen LogP contribution in [0.2, 0.25) is 0 Å². The van der Waals surface area contributed by atoms with Crippen molar-refractivity contribution in [2.45, 2.75) is 25.4 Å². The van der Waals surface area contributed by atoms with Crippen molar-refractivity contribution in [1.82, 2.24) is 24.8 Å². The minimum Gasteiger partial charge on any atom is -0.754 e. The Hall–Kier alpha value is -4.35. The second-order valence-electron chi connectivity index (χ2n) is 13.6. The Morgan fingerprint density at radius 1 is 0.962 bits per heavy atom. The van der Waals surface area contributed by atoms with Crippen LogP contribution < -0.4 is 9.31 Å². The Labute approximate surface area is 301 Å². The minimum atomic E-state index is -3.06. The van der Waals surface area contributed by atoms with Crippen molar-refractivity contribution in [2.24, 2.45) is 5.92 Å². The highest BCUT2D eigenvalue weighted by Crippen LogP contribution is 2.33. The Balaban J connectivity index is 1.03. The first-order valence-corrected chi connectivity index (χ1v) is 18.4. The first-order valence-electron chi connectivity index (χ1n) is 17.4. The van der Waals surface area contributed by atoms with Gasteiger partial charge in [0, 0.05) is 87.0 Å². The maximum atomic E-state index is 15.9. The number of carbonyl (C=O) groups is 2. The number of aromatic nitrogens is 2. The maximum Gasteiger partial charge on any atom is 0.317 e. The van der Waals surface area contributed by atoms with Crippen molar-refractivity contribution >= 4 is 45.4 Å². The summed E-state index contributed by atoms with van der Waals surface area (Å²) < 4.78 is 69.6. The molecule has 12 nitrogen and oxygen atoms in total. The molecule has 16 heteroatoms. The number of halogens is 3. The van der Waals surface area contributed by atoms with Crippen LogP contribution in [0.25, 0.3) is 22.2 Å². The highest BCUT2D eigenvalue weighted by Gasteiger charge is 2.33. The number of piperazine rings is 1. The average molecular weight is 739 g/mol. The Bertz CT molecular complexity index is 1970. The lowest BCUT2D eigenvalue weighted by atomic mass is 9.95. The van der Waals surface area contributed by atoms with Crippen LogP contribution in [0.1, 0.15) is 35.2 Å². The van der Waals surface area contributed by atoms with Crippen molar-refractivity contribution in [3.8, 4) is 11.1 Å². The van der Waals surface area contributed by atoms with E-state index in [1.807, 2.05) is 29.2 Å². The number of hydrogen-bond donors (Lipinski definition) is 2. The predicted molar refractivity (Wildman–Crippen MR) is 189 cm³/mol. The number of aromatic amines is 1. The number of hydrogen-bond acceptors (Lipinski definition) is 9. The Morgan fingerprint density at radius 2 is 1.67 bits per heavy atom. The van der Waals surface area contributed by atoms with Gasteiger partial charge in [0.1, 0.15) is 23.3 Å². The number of pyridine rings is 1. The van der Waals surface area contributed by atoms with Crippen molar-refractivity contribution in [3.63, 3.8) is 0 Å². The summed E-state index contributed by atoms with van der Waals surface area (Å²) in [5.74, 6) is -3.73. The number of carboxylic acid groups (broad SMARTS) is 1. The zero-order valence-electron chi connectivity index (χ0n) is 28.3. The molecule has 0 aliphatic carbocycles. The summed E-state index contributed by atoms with van der Waals surface area (Å²) in [6.07, 6.45) is 3.83. The van der Waals surface area contributed by atoms with Crippen LogP contribution in [0.3, 0.4) is 0 Å². The van der Waals surface area contributed by atoms with Gasteiger partial charge in [-0.15, -0.1) is 0 Å². The third kappa shape index (κ3) is 7.57. The third-order valence-corrected chi connectivity index (χ3v) is 11.0. The number of nitrogens with zero attached hydrogens (tertiary/aromatic N) is 6. The van der Waals surface area contributed by atoms with Crippen LogP contribution in [0.15, 0.2) is 54.9 Å². The van der Waals surface area contributed by atoms with Gasteiger partial charge in [0.25, 0.3) is 0 Å². The number of alkyl halides is 1. The fraction of sp³-hybridized carbons (Fsp3) is 0.417. The van der Waals surface area contributed by atoms with Gasteiger partial charge < -0.3 is 24.4 Å². The molecule has 276 valence electrons. The molecule has 2 N–H and O–H groups in total. The topological polar surface area (TPSA) is 139 Å². The van der Waals surface area contributed by atoms with Gasteiger partial charge in [-0.1, -0.05) is 12.1 Å². The van der Waals surface area contributed by atoms with Crippen molar-refractivity contribution in [1.29, 1.82) is 0 Å². The van der Waals surface area contributed by atoms with Gasteiger partial charge in [-0.3, -0.25) is 18.7 Å². The van der Waals surface area contributed by atoms with Crippen LogP contribution in [-0.2, 0) is 16.1 Å². The lowest BCUT2D eigenvalue weighted by molar-refractivity contribution is -0.138. The van der Waals surface area contributed by atoms with E-state index in [9.17, 15) is 22.7 Å². The van der Waals surface area contributed by atoms with Gasteiger partial charge in [-0.05, 0) is 61.1 Å². The van der Waals surface area contributed by atoms with Crippen LogP contribution >= 0.6 is 0 Å². The molecule has 2 aromatic heterocycles. The van der Waals surface area contributed by atoms with E-state index in [4.69, 9.17) is 5.11 Å². The normalized spacial score (nSPS) is 20.1. The first kappa shape index (κ1) is 36.0. The monoisotopic (exact) mass is 738 g/mol.